The van der Waals surface area contributed by atoms with Crippen molar-refractivity contribution in [1.29, 1.82) is 0 Å². The molecule has 8 heteroatoms. The Bertz CT molecular complexity index is 521. The van der Waals surface area contributed by atoms with Crippen LogP contribution in [0, 0.1) is 29.1 Å². The van der Waals surface area contributed by atoms with E-state index in [0.717, 1.165) is 12.8 Å². The maximum atomic E-state index is 13.4. The maximum Gasteiger partial charge on any atom is 0.206 e. The van der Waals surface area contributed by atoms with Gasteiger partial charge in [-0.1, -0.05) is 0 Å². The van der Waals surface area contributed by atoms with Crippen LogP contribution in [0.25, 0.3) is 0 Å². The van der Waals surface area contributed by atoms with Crippen LogP contribution in [0.2, 0.25) is 0 Å². The van der Waals surface area contributed by atoms with Gasteiger partial charge in [-0.15, -0.1) is 0 Å². The Labute approximate surface area is 117 Å². The van der Waals surface area contributed by atoms with E-state index >= 15 is 0 Å². The summed E-state index contributed by atoms with van der Waals surface area (Å²) in [5.74, 6) is -11.8. The lowest BCUT2D eigenvalue weighted by Crippen LogP contribution is -2.51. The minimum absolute atomic E-state index is 0.155. The standard InChI is InChI=1S/C13H14F5NO2/c1-13(4-20,19-6-2-3-6)5-21-12-10(17)8(15)7(14)9(16)11(12)18/h6,19-20H,2-5H2,1H3. The Morgan fingerprint density at radius 2 is 1.52 bits per heavy atom. The maximum absolute atomic E-state index is 13.4. The predicted molar refractivity (Wildman–Crippen MR) is 63.4 cm³/mol. The third kappa shape index (κ3) is 3.26. The van der Waals surface area contributed by atoms with E-state index in [2.05, 4.69) is 5.32 Å². The van der Waals surface area contributed by atoms with Gasteiger partial charge in [0.1, 0.15) is 6.61 Å². The second-order valence-corrected chi connectivity index (χ2v) is 5.33. The van der Waals surface area contributed by atoms with Crippen molar-refractivity contribution in [2.75, 3.05) is 13.2 Å². The van der Waals surface area contributed by atoms with Crippen molar-refractivity contribution < 1.29 is 31.8 Å². The van der Waals surface area contributed by atoms with Crippen molar-refractivity contribution >= 4 is 0 Å². The third-order valence-corrected chi connectivity index (χ3v) is 3.18. The fraction of sp³-hybridized carbons (Fsp3) is 0.538. The number of aliphatic hydroxyl groups is 1. The monoisotopic (exact) mass is 311 g/mol. The quantitative estimate of drug-likeness (QED) is 0.481. The number of halogens is 5. The van der Waals surface area contributed by atoms with Crippen molar-refractivity contribution in [2.45, 2.75) is 31.3 Å². The molecule has 1 fully saturated rings. The summed E-state index contributed by atoms with van der Waals surface area (Å²) in [4.78, 5) is 0. The molecule has 1 aromatic carbocycles. The number of rotatable bonds is 6. The van der Waals surface area contributed by atoms with Crippen LogP contribution in [0.1, 0.15) is 19.8 Å². The van der Waals surface area contributed by atoms with Gasteiger partial charge in [-0.25, -0.2) is 13.2 Å². The van der Waals surface area contributed by atoms with Crippen LogP contribution in [-0.4, -0.2) is 29.9 Å². The van der Waals surface area contributed by atoms with Crippen LogP contribution < -0.4 is 10.1 Å². The Balaban J connectivity index is 2.19. The van der Waals surface area contributed by atoms with Crippen LogP contribution in [0.5, 0.6) is 5.75 Å². The lowest BCUT2D eigenvalue weighted by Gasteiger charge is -2.29. The summed E-state index contributed by atoms with van der Waals surface area (Å²) in [6, 6.07) is 0.155. The van der Waals surface area contributed by atoms with E-state index < -0.39 is 53.6 Å². The van der Waals surface area contributed by atoms with E-state index in [4.69, 9.17) is 4.74 Å². The molecule has 0 saturated heterocycles. The topological polar surface area (TPSA) is 41.5 Å². The summed E-state index contributed by atoms with van der Waals surface area (Å²) >= 11 is 0. The van der Waals surface area contributed by atoms with Gasteiger partial charge in [0.05, 0.1) is 12.1 Å². The summed E-state index contributed by atoms with van der Waals surface area (Å²) in [5, 5.41) is 12.3. The van der Waals surface area contributed by atoms with Crippen LogP contribution >= 0.6 is 0 Å². The third-order valence-electron chi connectivity index (χ3n) is 3.18. The molecule has 1 aliphatic carbocycles. The molecule has 0 amide bonds. The molecule has 3 nitrogen and oxygen atoms in total. The second kappa shape index (κ2) is 5.76. The highest BCUT2D eigenvalue weighted by Gasteiger charge is 2.34. The number of hydrogen-bond acceptors (Lipinski definition) is 3. The molecule has 1 atom stereocenters. The minimum Gasteiger partial charge on any atom is -0.485 e. The summed E-state index contributed by atoms with van der Waals surface area (Å²) < 4.78 is 70.5. The Kier molecular flexibility index (Phi) is 4.38. The molecule has 1 unspecified atom stereocenters. The van der Waals surface area contributed by atoms with Gasteiger partial charge < -0.3 is 15.2 Å². The van der Waals surface area contributed by atoms with E-state index in [1.54, 1.807) is 0 Å². The molecule has 21 heavy (non-hydrogen) atoms. The van der Waals surface area contributed by atoms with Gasteiger partial charge in [0.25, 0.3) is 0 Å². The van der Waals surface area contributed by atoms with E-state index in [-0.39, 0.29) is 6.04 Å². The summed E-state index contributed by atoms with van der Waals surface area (Å²) in [5.41, 5.74) is -1.04. The molecule has 1 aromatic rings. The Morgan fingerprint density at radius 3 is 1.95 bits per heavy atom. The van der Waals surface area contributed by atoms with Crippen molar-refractivity contribution in [3.63, 3.8) is 0 Å². The average Bonchev–Trinajstić information content (AvgIpc) is 3.26. The smallest absolute Gasteiger partial charge is 0.206 e. The van der Waals surface area contributed by atoms with Crippen molar-refractivity contribution in [1.82, 2.24) is 5.32 Å². The number of benzene rings is 1. The van der Waals surface area contributed by atoms with Crippen LogP contribution in [0.15, 0.2) is 0 Å². The molecule has 0 radical (unpaired) electrons. The van der Waals surface area contributed by atoms with E-state index in [0.29, 0.717) is 0 Å². The van der Waals surface area contributed by atoms with Crippen molar-refractivity contribution in [3.05, 3.63) is 29.1 Å². The van der Waals surface area contributed by atoms with Gasteiger partial charge in [0.15, 0.2) is 5.75 Å². The highest BCUT2D eigenvalue weighted by atomic mass is 19.2. The average molecular weight is 311 g/mol. The summed E-state index contributed by atoms with van der Waals surface area (Å²) in [7, 11) is 0. The Morgan fingerprint density at radius 1 is 1.05 bits per heavy atom. The lowest BCUT2D eigenvalue weighted by molar-refractivity contribution is 0.107. The zero-order chi connectivity index (χ0) is 15.8. The van der Waals surface area contributed by atoms with E-state index in [1.807, 2.05) is 0 Å². The molecular formula is C13H14F5NO2. The first-order chi connectivity index (χ1) is 9.79. The second-order valence-electron chi connectivity index (χ2n) is 5.33. The van der Waals surface area contributed by atoms with Gasteiger partial charge in [0.2, 0.25) is 29.1 Å². The minimum atomic E-state index is -2.24. The fourth-order valence-corrected chi connectivity index (χ4v) is 1.80. The highest BCUT2D eigenvalue weighted by molar-refractivity contribution is 5.29. The predicted octanol–water partition coefficient (Wildman–Crippen LogP) is 2.26. The molecule has 0 spiro atoms. The first-order valence-corrected chi connectivity index (χ1v) is 6.32. The van der Waals surface area contributed by atoms with Crippen LogP contribution in [0.4, 0.5) is 22.0 Å². The van der Waals surface area contributed by atoms with E-state index in [9.17, 15) is 27.1 Å². The van der Waals surface area contributed by atoms with Gasteiger partial charge in [-0.05, 0) is 19.8 Å². The van der Waals surface area contributed by atoms with Gasteiger partial charge in [-0.2, -0.15) is 8.78 Å². The van der Waals surface area contributed by atoms with Crippen LogP contribution in [0.3, 0.4) is 0 Å². The zero-order valence-electron chi connectivity index (χ0n) is 11.2. The van der Waals surface area contributed by atoms with Crippen molar-refractivity contribution in [2.24, 2.45) is 0 Å². The van der Waals surface area contributed by atoms with E-state index in [1.165, 1.54) is 6.92 Å². The zero-order valence-corrected chi connectivity index (χ0v) is 11.2. The molecule has 0 aromatic heterocycles. The Hall–Kier alpha value is -1.41. The molecule has 118 valence electrons. The summed E-state index contributed by atoms with van der Waals surface area (Å²) in [6.45, 7) is 0.661. The molecule has 2 rings (SSSR count). The first kappa shape index (κ1) is 16.0. The van der Waals surface area contributed by atoms with Crippen LogP contribution in [-0.2, 0) is 0 Å². The molecule has 1 aliphatic rings. The number of nitrogens with one attached hydrogen (secondary N) is 1. The molecule has 0 heterocycles. The molecule has 0 bridgehead atoms. The first-order valence-electron chi connectivity index (χ1n) is 6.32. The highest BCUT2D eigenvalue weighted by Crippen LogP contribution is 2.30. The SMILES string of the molecule is CC(CO)(COc1c(F)c(F)c(F)c(F)c1F)NC1CC1. The number of ether oxygens (including phenoxy) is 1. The van der Waals surface area contributed by atoms with Gasteiger partial charge in [-0.3, -0.25) is 0 Å². The van der Waals surface area contributed by atoms with Gasteiger partial charge >= 0.3 is 0 Å². The molecule has 2 N–H and O–H groups in total. The fourth-order valence-electron chi connectivity index (χ4n) is 1.80. The number of aliphatic hydroxyl groups excluding tert-OH is 1. The molecular weight excluding hydrogens is 297 g/mol. The number of hydrogen-bond donors (Lipinski definition) is 2. The summed E-state index contributed by atoms with van der Waals surface area (Å²) in [6.07, 6.45) is 1.77. The molecule has 0 aliphatic heterocycles. The normalized spacial score (nSPS) is 17.7. The lowest BCUT2D eigenvalue weighted by atomic mass is 10.1. The molecule has 1 saturated carbocycles. The van der Waals surface area contributed by atoms with Gasteiger partial charge in [0, 0.05) is 6.04 Å². The van der Waals surface area contributed by atoms with Crippen molar-refractivity contribution in [3.8, 4) is 5.75 Å². The largest absolute Gasteiger partial charge is 0.485 e.